The molecule has 3 atom stereocenters. The van der Waals surface area contributed by atoms with Crippen molar-refractivity contribution in [2.24, 2.45) is 5.92 Å². The lowest BCUT2D eigenvalue weighted by molar-refractivity contribution is -0.169. The summed E-state index contributed by atoms with van der Waals surface area (Å²) in [7, 11) is 1.40. The van der Waals surface area contributed by atoms with Crippen LogP contribution >= 0.6 is 0 Å². The van der Waals surface area contributed by atoms with Gasteiger partial charge < -0.3 is 19.1 Å². The van der Waals surface area contributed by atoms with Crippen molar-refractivity contribution < 1.29 is 19.0 Å². The summed E-state index contributed by atoms with van der Waals surface area (Å²) in [6, 6.07) is 0.602. The molecule has 2 heterocycles. The van der Waals surface area contributed by atoms with Crippen molar-refractivity contribution in [1.82, 2.24) is 4.90 Å². The SMILES string of the molecule is COC(=O)CC1COC(C)(CC2CCN(C(C)C)C2)O1. The van der Waals surface area contributed by atoms with Crippen LogP contribution in [0.1, 0.15) is 40.0 Å². The molecule has 2 fully saturated rings. The summed E-state index contributed by atoms with van der Waals surface area (Å²) in [4.78, 5) is 13.8. The molecule has 0 aliphatic carbocycles. The number of likely N-dealkylation sites (tertiary alicyclic amines) is 1. The lowest BCUT2D eigenvalue weighted by Gasteiger charge is -2.27. The summed E-state index contributed by atoms with van der Waals surface area (Å²) in [5.41, 5.74) is 0. The third-order valence-electron chi connectivity index (χ3n) is 4.32. The first-order chi connectivity index (χ1) is 9.42. The minimum absolute atomic E-state index is 0.171. The van der Waals surface area contributed by atoms with E-state index in [9.17, 15) is 4.79 Å². The lowest BCUT2D eigenvalue weighted by atomic mass is 9.99. The zero-order chi connectivity index (χ0) is 14.8. The van der Waals surface area contributed by atoms with Crippen molar-refractivity contribution >= 4 is 5.97 Å². The fourth-order valence-corrected chi connectivity index (χ4v) is 3.19. The third kappa shape index (κ3) is 3.93. The summed E-state index contributed by atoms with van der Waals surface area (Å²) in [6.45, 7) is 9.21. The van der Waals surface area contributed by atoms with Gasteiger partial charge in [0, 0.05) is 19.0 Å². The van der Waals surface area contributed by atoms with Crippen molar-refractivity contribution in [2.75, 3.05) is 26.8 Å². The fraction of sp³-hybridized carbons (Fsp3) is 0.933. The van der Waals surface area contributed by atoms with Crippen LogP contribution in [-0.2, 0) is 19.0 Å². The van der Waals surface area contributed by atoms with Gasteiger partial charge in [0.2, 0.25) is 0 Å². The molecule has 0 aromatic rings. The second-order valence-electron chi connectivity index (χ2n) is 6.41. The smallest absolute Gasteiger partial charge is 0.308 e. The Bertz CT molecular complexity index is 347. The zero-order valence-electron chi connectivity index (χ0n) is 13.1. The summed E-state index contributed by atoms with van der Waals surface area (Å²) in [6.07, 6.45) is 2.19. The highest BCUT2D eigenvalue weighted by Crippen LogP contribution is 2.34. The number of ether oxygens (including phenoxy) is 3. The van der Waals surface area contributed by atoms with Gasteiger partial charge in [0.15, 0.2) is 5.79 Å². The van der Waals surface area contributed by atoms with Gasteiger partial charge in [-0.2, -0.15) is 0 Å². The van der Waals surface area contributed by atoms with Crippen LogP contribution in [0.5, 0.6) is 0 Å². The summed E-state index contributed by atoms with van der Waals surface area (Å²) < 4.78 is 16.4. The summed E-state index contributed by atoms with van der Waals surface area (Å²) >= 11 is 0. The zero-order valence-corrected chi connectivity index (χ0v) is 13.1. The number of hydrogen-bond acceptors (Lipinski definition) is 5. The van der Waals surface area contributed by atoms with E-state index in [1.165, 1.54) is 13.5 Å². The van der Waals surface area contributed by atoms with Crippen LogP contribution in [0.2, 0.25) is 0 Å². The van der Waals surface area contributed by atoms with Gasteiger partial charge in [-0.1, -0.05) is 0 Å². The predicted octanol–water partition coefficient (Wildman–Crippen LogP) is 1.80. The highest BCUT2D eigenvalue weighted by molar-refractivity contribution is 5.69. The number of hydrogen-bond donors (Lipinski definition) is 0. The van der Waals surface area contributed by atoms with Gasteiger partial charge in [-0.25, -0.2) is 0 Å². The molecule has 2 aliphatic rings. The topological polar surface area (TPSA) is 48.0 Å². The fourth-order valence-electron chi connectivity index (χ4n) is 3.19. The Morgan fingerprint density at radius 1 is 1.50 bits per heavy atom. The quantitative estimate of drug-likeness (QED) is 0.721. The van der Waals surface area contributed by atoms with Crippen molar-refractivity contribution in [2.45, 2.75) is 58.0 Å². The molecule has 2 rings (SSSR count). The normalized spacial score (nSPS) is 34.9. The van der Waals surface area contributed by atoms with Crippen LogP contribution in [0.25, 0.3) is 0 Å². The molecule has 116 valence electrons. The molecule has 0 spiro atoms. The van der Waals surface area contributed by atoms with E-state index in [4.69, 9.17) is 9.47 Å². The molecule has 0 aromatic carbocycles. The molecular weight excluding hydrogens is 258 g/mol. The van der Waals surface area contributed by atoms with Crippen LogP contribution in [-0.4, -0.2) is 55.6 Å². The Morgan fingerprint density at radius 3 is 2.85 bits per heavy atom. The van der Waals surface area contributed by atoms with Crippen LogP contribution in [0.4, 0.5) is 0 Å². The second kappa shape index (κ2) is 6.41. The molecule has 5 heteroatoms. The number of carbonyl (C=O) groups is 1. The van der Waals surface area contributed by atoms with E-state index >= 15 is 0 Å². The Kier molecular flexibility index (Phi) is 5.04. The molecular formula is C15H27NO4. The molecule has 0 amide bonds. The third-order valence-corrected chi connectivity index (χ3v) is 4.32. The molecule has 3 unspecified atom stereocenters. The number of rotatable bonds is 5. The second-order valence-corrected chi connectivity index (χ2v) is 6.41. The number of esters is 1. The Labute approximate surface area is 121 Å². The average Bonchev–Trinajstić information content (AvgIpc) is 2.97. The van der Waals surface area contributed by atoms with Gasteiger partial charge in [0.25, 0.3) is 0 Å². The van der Waals surface area contributed by atoms with E-state index < -0.39 is 5.79 Å². The molecule has 0 radical (unpaired) electrons. The van der Waals surface area contributed by atoms with Crippen molar-refractivity contribution in [3.8, 4) is 0 Å². The number of nitrogens with zero attached hydrogens (tertiary/aromatic N) is 1. The van der Waals surface area contributed by atoms with Gasteiger partial charge in [0.05, 0.1) is 26.2 Å². The van der Waals surface area contributed by atoms with Crippen LogP contribution < -0.4 is 0 Å². The monoisotopic (exact) mass is 285 g/mol. The standard InChI is InChI=1S/C15H27NO4/c1-11(2)16-6-5-12(9-16)8-15(3)19-10-13(20-15)7-14(17)18-4/h11-13H,5-10H2,1-4H3. The van der Waals surface area contributed by atoms with Crippen molar-refractivity contribution in [3.63, 3.8) is 0 Å². The van der Waals surface area contributed by atoms with E-state index in [2.05, 4.69) is 23.5 Å². The highest BCUT2D eigenvalue weighted by atomic mass is 16.7. The van der Waals surface area contributed by atoms with Crippen molar-refractivity contribution in [3.05, 3.63) is 0 Å². The van der Waals surface area contributed by atoms with Gasteiger partial charge in [0.1, 0.15) is 0 Å². The number of methoxy groups -OCH3 is 1. The molecule has 5 nitrogen and oxygen atoms in total. The summed E-state index contributed by atoms with van der Waals surface area (Å²) in [5.74, 6) is -0.176. The molecule has 0 N–H and O–H groups in total. The van der Waals surface area contributed by atoms with E-state index in [0.717, 1.165) is 19.5 Å². The van der Waals surface area contributed by atoms with Gasteiger partial charge in [-0.15, -0.1) is 0 Å². The largest absolute Gasteiger partial charge is 0.469 e. The Hall–Kier alpha value is -0.650. The van der Waals surface area contributed by atoms with E-state index in [0.29, 0.717) is 18.6 Å². The maximum atomic E-state index is 11.3. The molecule has 0 saturated carbocycles. The van der Waals surface area contributed by atoms with E-state index in [1.54, 1.807) is 0 Å². The first-order valence-corrected chi connectivity index (χ1v) is 7.54. The molecule has 2 saturated heterocycles. The van der Waals surface area contributed by atoms with Gasteiger partial charge >= 0.3 is 5.97 Å². The predicted molar refractivity (Wildman–Crippen MR) is 75.3 cm³/mol. The first kappa shape index (κ1) is 15.7. The minimum atomic E-state index is -0.545. The average molecular weight is 285 g/mol. The van der Waals surface area contributed by atoms with Crippen LogP contribution in [0, 0.1) is 5.92 Å². The number of carbonyl (C=O) groups excluding carboxylic acids is 1. The van der Waals surface area contributed by atoms with Gasteiger partial charge in [-0.3, -0.25) is 4.79 Å². The Balaban J connectivity index is 1.80. The maximum absolute atomic E-state index is 11.3. The molecule has 20 heavy (non-hydrogen) atoms. The minimum Gasteiger partial charge on any atom is -0.469 e. The van der Waals surface area contributed by atoms with Crippen molar-refractivity contribution in [1.29, 1.82) is 0 Å². The highest BCUT2D eigenvalue weighted by Gasteiger charge is 2.41. The molecule has 0 aromatic heterocycles. The summed E-state index contributed by atoms with van der Waals surface area (Å²) in [5, 5.41) is 0. The Morgan fingerprint density at radius 2 is 2.25 bits per heavy atom. The molecule has 0 bridgehead atoms. The van der Waals surface area contributed by atoms with Gasteiger partial charge in [-0.05, 0) is 39.7 Å². The van der Waals surface area contributed by atoms with Crippen LogP contribution in [0.3, 0.4) is 0 Å². The maximum Gasteiger partial charge on any atom is 0.308 e. The van der Waals surface area contributed by atoms with E-state index in [1.807, 2.05) is 6.92 Å². The first-order valence-electron chi connectivity index (χ1n) is 7.54. The lowest BCUT2D eigenvalue weighted by Crippen LogP contribution is -2.33. The molecule has 2 aliphatic heterocycles. The van der Waals surface area contributed by atoms with E-state index in [-0.39, 0.29) is 18.5 Å². The van der Waals surface area contributed by atoms with Crippen LogP contribution in [0.15, 0.2) is 0 Å².